The highest BCUT2D eigenvalue weighted by molar-refractivity contribution is 6.34. The minimum Gasteiger partial charge on any atom is -0.378 e. The van der Waals surface area contributed by atoms with Crippen molar-refractivity contribution in [3.63, 3.8) is 0 Å². The number of aromatic nitrogens is 4. The molecule has 0 bridgehead atoms. The highest BCUT2D eigenvalue weighted by Gasteiger charge is 2.19. The zero-order valence-electron chi connectivity index (χ0n) is 14.6. The highest BCUT2D eigenvalue weighted by Crippen LogP contribution is 2.30. The van der Waals surface area contributed by atoms with E-state index >= 15 is 0 Å². The quantitative estimate of drug-likeness (QED) is 0.636. The number of benzene rings is 1. The number of ether oxygens (including phenoxy) is 1. The first-order chi connectivity index (χ1) is 13.2. The Hall–Kier alpha value is -2.91. The molecule has 140 valence electrons. The van der Waals surface area contributed by atoms with Gasteiger partial charge in [0.05, 0.1) is 35.5 Å². The van der Waals surface area contributed by atoms with E-state index in [0.29, 0.717) is 35.4 Å². The Balaban J connectivity index is 1.73. The molecule has 27 heavy (non-hydrogen) atoms. The molecule has 0 saturated carbocycles. The minimum absolute atomic E-state index is 0.339. The Morgan fingerprint density at radius 2 is 2.11 bits per heavy atom. The summed E-state index contributed by atoms with van der Waals surface area (Å²) >= 11 is 6.32. The number of halogens is 1. The van der Waals surface area contributed by atoms with Gasteiger partial charge in [-0.15, -0.1) is 0 Å². The molecule has 0 spiro atoms. The standard InChI is InChI=1S/C17H18ClN7O2/c1-19-17(26)21-13-3-2-10(8-12(13)18)14-22-15-11(9-20-24-15)16(23-14)25-4-6-27-7-5-25/h2-3,8-9H,4-7H2,1H3,(H2,19,21,26)(H,20,22,23,24). The van der Waals surface area contributed by atoms with Crippen molar-refractivity contribution in [1.82, 2.24) is 25.5 Å². The zero-order chi connectivity index (χ0) is 18.8. The van der Waals surface area contributed by atoms with Crippen molar-refractivity contribution in [2.45, 2.75) is 0 Å². The van der Waals surface area contributed by atoms with Crippen LogP contribution in [0.4, 0.5) is 16.3 Å². The van der Waals surface area contributed by atoms with E-state index in [9.17, 15) is 4.79 Å². The van der Waals surface area contributed by atoms with E-state index in [4.69, 9.17) is 21.3 Å². The Kier molecular flexibility index (Phi) is 4.78. The van der Waals surface area contributed by atoms with Crippen LogP contribution in [-0.4, -0.2) is 59.5 Å². The summed E-state index contributed by atoms with van der Waals surface area (Å²) in [7, 11) is 1.54. The van der Waals surface area contributed by atoms with E-state index in [0.717, 1.165) is 29.9 Å². The van der Waals surface area contributed by atoms with Crippen molar-refractivity contribution in [3.05, 3.63) is 29.4 Å². The average Bonchev–Trinajstić information content (AvgIpc) is 3.18. The number of morpholine rings is 1. The molecule has 0 aliphatic carbocycles. The third-order valence-corrected chi connectivity index (χ3v) is 4.62. The number of nitrogens with zero attached hydrogens (tertiary/aromatic N) is 4. The van der Waals surface area contributed by atoms with Crippen LogP contribution in [0.3, 0.4) is 0 Å². The first-order valence-corrected chi connectivity index (χ1v) is 8.86. The molecular formula is C17H18ClN7O2. The van der Waals surface area contributed by atoms with Crippen molar-refractivity contribution < 1.29 is 9.53 Å². The van der Waals surface area contributed by atoms with Crippen molar-refractivity contribution >= 4 is 40.2 Å². The van der Waals surface area contributed by atoms with Crippen molar-refractivity contribution in [2.24, 2.45) is 0 Å². The lowest BCUT2D eigenvalue weighted by atomic mass is 10.2. The molecule has 3 N–H and O–H groups in total. The van der Waals surface area contributed by atoms with E-state index in [1.807, 2.05) is 6.07 Å². The number of fused-ring (bicyclic) bond motifs is 1. The number of urea groups is 1. The molecule has 4 rings (SSSR count). The van der Waals surface area contributed by atoms with Gasteiger partial charge in [0.2, 0.25) is 0 Å². The molecule has 0 atom stereocenters. The summed E-state index contributed by atoms with van der Waals surface area (Å²) in [5.41, 5.74) is 1.91. The van der Waals surface area contributed by atoms with Gasteiger partial charge in [-0.25, -0.2) is 14.8 Å². The molecule has 9 nitrogen and oxygen atoms in total. The minimum atomic E-state index is -0.339. The van der Waals surface area contributed by atoms with E-state index < -0.39 is 0 Å². The highest BCUT2D eigenvalue weighted by atomic mass is 35.5. The van der Waals surface area contributed by atoms with E-state index in [2.05, 4.69) is 30.7 Å². The summed E-state index contributed by atoms with van der Waals surface area (Å²) in [6.07, 6.45) is 1.73. The van der Waals surface area contributed by atoms with Crippen molar-refractivity contribution in [2.75, 3.05) is 43.6 Å². The topological polar surface area (TPSA) is 108 Å². The van der Waals surface area contributed by atoms with Gasteiger partial charge in [0.15, 0.2) is 11.5 Å². The third kappa shape index (κ3) is 3.51. The maximum absolute atomic E-state index is 11.5. The van der Waals surface area contributed by atoms with Gasteiger partial charge in [-0.1, -0.05) is 11.6 Å². The summed E-state index contributed by atoms with van der Waals surface area (Å²) in [6.45, 7) is 2.83. The molecule has 2 amide bonds. The first kappa shape index (κ1) is 17.5. The van der Waals surface area contributed by atoms with Crippen LogP contribution in [0.2, 0.25) is 5.02 Å². The summed E-state index contributed by atoms with van der Waals surface area (Å²) < 4.78 is 5.43. The predicted molar refractivity (Wildman–Crippen MR) is 103 cm³/mol. The molecule has 0 radical (unpaired) electrons. The van der Waals surface area contributed by atoms with Crippen LogP contribution >= 0.6 is 11.6 Å². The zero-order valence-corrected chi connectivity index (χ0v) is 15.4. The number of hydrogen-bond donors (Lipinski definition) is 3. The van der Waals surface area contributed by atoms with E-state index in [1.54, 1.807) is 18.3 Å². The van der Waals surface area contributed by atoms with Crippen molar-refractivity contribution in [1.29, 1.82) is 0 Å². The van der Waals surface area contributed by atoms with Crippen molar-refractivity contribution in [3.8, 4) is 11.4 Å². The monoisotopic (exact) mass is 387 g/mol. The van der Waals surface area contributed by atoms with Gasteiger partial charge in [-0.05, 0) is 18.2 Å². The van der Waals surface area contributed by atoms with Gasteiger partial charge >= 0.3 is 6.03 Å². The average molecular weight is 388 g/mol. The number of carbonyl (C=O) groups excluding carboxylic acids is 1. The summed E-state index contributed by atoms with van der Waals surface area (Å²) in [4.78, 5) is 23.0. The van der Waals surface area contributed by atoms with Gasteiger partial charge in [0.1, 0.15) is 5.82 Å². The SMILES string of the molecule is CNC(=O)Nc1ccc(-c2nc(N3CCOCC3)c3cn[nH]c3n2)cc1Cl. The molecule has 2 aromatic heterocycles. The van der Waals surface area contributed by atoms with Gasteiger partial charge in [0.25, 0.3) is 0 Å². The summed E-state index contributed by atoms with van der Waals surface area (Å²) in [6, 6.07) is 4.93. The lowest BCUT2D eigenvalue weighted by Crippen LogP contribution is -2.37. The molecule has 3 heterocycles. The second kappa shape index (κ2) is 7.37. The van der Waals surface area contributed by atoms with E-state index in [1.165, 1.54) is 7.05 Å². The Morgan fingerprint density at radius 3 is 2.85 bits per heavy atom. The molecule has 1 aromatic carbocycles. The van der Waals surface area contributed by atoms with Crippen LogP contribution < -0.4 is 15.5 Å². The molecule has 3 aromatic rings. The van der Waals surface area contributed by atoms with Crippen LogP contribution in [0.1, 0.15) is 0 Å². The fourth-order valence-electron chi connectivity index (χ4n) is 2.91. The third-order valence-electron chi connectivity index (χ3n) is 4.30. The number of rotatable bonds is 3. The van der Waals surface area contributed by atoms with Crippen LogP contribution in [0.15, 0.2) is 24.4 Å². The molecule has 1 fully saturated rings. The van der Waals surface area contributed by atoms with Crippen LogP contribution in [0, 0.1) is 0 Å². The Labute approximate surface area is 160 Å². The number of aromatic amines is 1. The fourth-order valence-corrected chi connectivity index (χ4v) is 3.13. The fraction of sp³-hybridized carbons (Fsp3) is 0.294. The van der Waals surface area contributed by atoms with Gasteiger partial charge in [0, 0.05) is 25.7 Å². The molecule has 1 aliphatic rings. The maximum atomic E-state index is 11.5. The number of H-pyrrole nitrogens is 1. The summed E-state index contributed by atoms with van der Waals surface area (Å²) in [5.74, 6) is 1.34. The lowest BCUT2D eigenvalue weighted by Gasteiger charge is -2.28. The Morgan fingerprint density at radius 1 is 1.30 bits per heavy atom. The normalized spacial score (nSPS) is 14.4. The molecular weight excluding hydrogens is 370 g/mol. The van der Waals surface area contributed by atoms with Crippen LogP contribution in [-0.2, 0) is 4.74 Å². The smallest absolute Gasteiger partial charge is 0.319 e. The predicted octanol–water partition coefficient (Wildman–Crippen LogP) is 2.26. The maximum Gasteiger partial charge on any atom is 0.319 e. The van der Waals surface area contributed by atoms with Gasteiger partial charge < -0.3 is 20.3 Å². The number of nitrogens with one attached hydrogen (secondary N) is 3. The second-order valence-corrected chi connectivity index (χ2v) is 6.41. The number of hydrogen-bond acceptors (Lipinski definition) is 6. The van der Waals surface area contributed by atoms with Crippen LogP contribution in [0.25, 0.3) is 22.4 Å². The largest absolute Gasteiger partial charge is 0.378 e. The molecule has 1 aliphatic heterocycles. The lowest BCUT2D eigenvalue weighted by molar-refractivity contribution is 0.122. The second-order valence-electron chi connectivity index (χ2n) is 6.00. The Bertz CT molecular complexity index is 985. The number of carbonyl (C=O) groups is 1. The molecule has 0 unspecified atom stereocenters. The van der Waals surface area contributed by atoms with Gasteiger partial charge in [-0.3, -0.25) is 5.10 Å². The van der Waals surface area contributed by atoms with Gasteiger partial charge in [-0.2, -0.15) is 5.10 Å². The summed E-state index contributed by atoms with van der Waals surface area (Å²) in [5, 5.41) is 13.4. The number of anilines is 2. The van der Waals surface area contributed by atoms with Crippen LogP contribution in [0.5, 0.6) is 0 Å². The molecule has 10 heteroatoms. The number of amides is 2. The van der Waals surface area contributed by atoms with E-state index in [-0.39, 0.29) is 6.03 Å². The first-order valence-electron chi connectivity index (χ1n) is 8.48. The molecule has 1 saturated heterocycles.